The maximum atomic E-state index is 9.40. The van der Waals surface area contributed by atoms with Gasteiger partial charge in [-0.25, -0.2) is 4.68 Å². The highest BCUT2D eigenvalue weighted by Gasteiger charge is 2.23. The van der Waals surface area contributed by atoms with Crippen molar-refractivity contribution in [3.05, 3.63) is 35.4 Å². The van der Waals surface area contributed by atoms with Gasteiger partial charge in [0.2, 0.25) is 0 Å². The van der Waals surface area contributed by atoms with Crippen LogP contribution in [0.15, 0.2) is 24.3 Å². The van der Waals surface area contributed by atoms with E-state index in [1.807, 2.05) is 36.1 Å². The van der Waals surface area contributed by atoms with Gasteiger partial charge in [0.05, 0.1) is 18.9 Å². The molecular formula is C15H17N5O. The number of ether oxygens (including phenoxy) is 1. The molecule has 1 aromatic heterocycles. The average molecular weight is 283 g/mol. The lowest BCUT2D eigenvalue weighted by Gasteiger charge is -2.26. The van der Waals surface area contributed by atoms with Crippen LogP contribution in [0, 0.1) is 18.3 Å². The average Bonchev–Trinajstić information content (AvgIpc) is 2.85. The van der Waals surface area contributed by atoms with Crippen molar-refractivity contribution in [3.63, 3.8) is 0 Å². The number of hydrogen-bond acceptors (Lipinski definition) is 5. The molecular weight excluding hydrogens is 266 g/mol. The third-order valence-electron chi connectivity index (χ3n) is 3.57. The van der Waals surface area contributed by atoms with Gasteiger partial charge in [-0.2, -0.15) is 5.26 Å². The second kappa shape index (κ2) is 5.46. The minimum Gasteiger partial charge on any atom is -0.382 e. The fourth-order valence-electron chi connectivity index (χ4n) is 2.48. The molecule has 0 saturated carbocycles. The van der Waals surface area contributed by atoms with E-state index in [-0.39, 0.29) is 0 Å². The minimum absolute atomic E-state index is 0.379. The molecule has 2 N–H and O–H groups in total. The van der Waals surface area contributed by atoms with Crippen LogP contribution in [0.25, 0.3) is 5.69 Å². The fourth-order valence-corrected chi connectivity index (χ4v) is 2.48. The SMILES string of the molecule is Cc1cccc(-n2nc(N3CCOCC3)c(C#N)c2N)c1. The Morgan fingerprint density at radius 2 is 2.10 bits per heavy atom. The number of nitrogen functional groups attached to an aromatic ring is 1. The summed E-state index contributed by atoms with van der Waals surface area (Å²) in [4.78, 5) is 2.05. The Hall–Kier alpha value is -2.52. The summed E-state index contributed by atoms with van der Waals surface area (Å²) in [7, 11) is 0. The van der Waals surface area contributed by atoms with Crippen LogP contribution in [0.2, 0.25) is 0 Å². The number of benzene rings is 1. The van der Waals surface area contributed by atoms with Gasteiger partial charge >= 0.3 is 0 Å². The third kappa shape index (κ3) is 2.43. The highest BCUT2D eigenvalue weighted by molar-refractivity contribution is 5.67. The Morgan fingerprint density at radius 1 is 1.33 bits per heavy atom. The number of morpholine rings is 1. The van der Waals surface area contributed by atoms with Gasteiger partial charge in [0.25, 0.3) is 0 Å². The Balaban J connectivity index is 2.07. The molecule has 0 atom stereocenters. The van der Waals surface area contributed by atoms with Gasteiger partial charge in [0, 0.05) is 13.1 Å². The highest BCUT2D eigenvalue weighted by Crippen LogP contribution is 2.27. The number of hydrogen-bond donors (Lipinski definition) is 1. The van der Waals surface area contributed by atoms with Gasteiger partial charge in [-0.1, -0.05) is 12.1 Å². The van der Waals surface area contributed by atoms with Gasteiger partial charge in [-0.3, -0.25) is 0 Å². The van der Waals surface area contributed by atoms with Crippen LogP contribution < -0.4 is 10.6 Å². The van der Waals surface area contributed by atoms with E-state index in [4.69, 9.17) is 10.5 Å². The van der Waals surface area contributed by atoms with E-state index in [0.717, 1.165) is 24.3 Å². The van der Waals surface area contributed by atoms with Crippen LogP contribution in [0.5, 0.6) is 0 Å². The maximum Gasteiger partial charge on any atom is 0.171 e. The van der Waals surface area contributed by atoms with Crippen molar-refractivity contribution < 1.29 is 4.74 Å². The smallest absolute Gasteiger partial charge is 0.171 e. The number of anilines is 2. The summed E-state index contributed by atoms with van der Waals surface area (Å²) in [6, 6.07) is 10.1. The summed E-state index contributed by atoms with van der Waals surface area (Å²) in [5.74, 6) is 1.02. The minimum atomic E-state index is 0.379. The molecule has 1 aliphatic heterocycles. The summed E-state index contributed by atoms with van der Waals surface area (Å²) in [6.45, 7) is 4.74. The second-order valence-corrected chi connectivity index (χ2v) is 5.05. The summed E-state index contributed by atoms with van der Waals surface area (Å²) in [5, 5.41) is 14.0. The van der Waals surface area contributed by atoms with E-state index in [0.29, 0.717) is 30.4 Å². The highest BCUT2D eigenvalue weighted by atomic mass is 16.5. The van der Waals surface area contributed by atoms with Gasteiger partial charge < -0.3 is 15.4 Å². The van der Waals surface area contributed by atoms with E-state index >= 15 is 0 Å². The standard InChI is InChI=1S/C15H17N5O/c1-11-3-2-4-12(9-11)20-14(17)13(10-16)15(18-20)19-5-7-21-8-6-19/h2-4,9H,5-8,17H2,1H3. The number of nitrogens with zero attached hydrogens (tertiary/aromatic N) is 4. The zero-order valence-electron chi connectivity index (χ0n) is 11.9. The number of nitrogens with two attached hydrogens (primary N) is 1. The summed E-state index contributed by atoms with van der Waals surface area (Å²) in [5.41, 5.74) is 8.54. The lowest BCUT2D eigenvalue weighted by atomic mass is 10.2. The van der Waals surface area contributed by atoms with Crippen LogP contribution in [-0.4, -0.2) is 36.1 Å². The fraction of sp³-hybridized carbons (Fsp3) is 0.333. The van der Waals surface area contributed by atoms with Crippen LogP contribution in [-0.2, 0) is 4.74 Å². The molecule has 0 bridgehead atoms. The molecule has 1 aromatic carbocycles. The lowest BCUT2D eigenvalue weighted by Crippen LogP contribution is -2.37. The quantitative estimate of drug-likeness (QED) is 0.902. The van der Waals surface area contributed by atoms with E-state index in [1.165, 1.54) is 0 Å². The first-order chi connectivity index (χ1) is 10.2. The zero-order chi connectivity index (χ0) is 14.8. The molecule has 2 aromatic rings. The molecule has 1 aliphatic rings. The van der Waals surface area contributed by atoms with E-state index < -0.39 is 0 Å². The number of nitriles is 1. The first-order valence-electron chi connectivity index (χ1n) is 6.89. The first kappa shape index (κ1) is 13.5. The molecule has 2 heterocycles. The van der Waals surface area contributed by atoms with Crippen LogP contribution in [0.3, 0.4) is 0 Å². The van der Waals surface area contributed by atoms with Gasteiger partial charge in [0.1, 0.15) is 17.5 Å². The Kier molecular flexibility index (Phi) is 3.50. The van der Waals surface area contributed by atoms with Crippen molar-refractivity contribution in [2.45, 2.75) is 6.92 Å². The van der Waals surface area contributed by atoms with Crippen LogP contribution in [0.4, 0.5) is 11.6 Å². The molecule has 1 saturated heterocycles. The van der Waals surface area contributed by atoms with Crippen LogP contribution in [0.1, 0.15) is 11.1 Å². The number of aryl methyl sites for hydroxylation is 1. The molecule has 21 heavy (non-hydrogen) atoms. The third-order valence-corrected chi connectivity index (χ3v) is 3.57. The molecule has 0 amide bonds. The van der Waals surface area contributed by atoms with E-state index in [1.54, 1.807) is 4.68 Å². The molecule has 0 radical (unpaired) electrons. The molecule has 6 nitrogen and oxygen atoms in total. The van der Waals surface area contributed by atoms with Crippen molar-refractivity contribution in [2.75, 3.05) is 36.9 Å². The monoisotopic (exact) mass is 283 g/mol. The van der Waals surface area contributed by atoms with Gasteiger partial charge in [-0.15, -0.1) is 5.10 Å². The first-order valence-corrected chi connectivity index (χ1v) is 6.89. The van der Waals surface area contributed by atoms with E-state index in [2.05, 4.69) is 11.2 Å². The molecule has 1 fully saturated rings. The van der Waals surface area contributed by atoms with Crippen molar-refractivity contribution in [3.8, 4) is 11.8 Å². The lowest BCUT2D eigenvalue weighted by molar-refractivity contribution is 0.122. The van der Waals surface area contributed by atoms with Crippen molar-refractivity contribution in [2.24, 2.45) is 0 Å². The molecule has 6 heteroatoms. The Labute approximate surface area is 123 Å². The normalized spacial score (nSPS) is 15.0. The molecule has 3 rings (SSSR count). The second-order valence-electron chi connectivity index (χ2n) is 5.05. The van der Waals surface area contributed by atoms with Crippen molar-refractivity contribution in [1.29, 1.82) is 5.26 Å². The summed E-state index contributed by atoms with van der Waals surface area (Å²) in [6.07, 6.45) is 0. The Bertz CT molecular complexity index is 695. The molecule has 0 spiro atoms. The largest absolute Gasteiger partial charge is 0.382 e. The van der Waals surface area contributed by atoms with E-state index in [9.17, 15) is 5.26 Å². The molecule has 108 valence electrons. The molecule has 0 aliphatic carbocycles. The maximum absolute atomic E-state index is 9.40. The topological polar surface area (TPSA) is 80.1 Å². The van der Waals surface area contributed by atoms with Crippen molar-refractivity contribution in [1.82, 2.24) is 9.78 Å². The summed E-state index contributed by atoms with van der Waals surface area (Å²) < 4.78 is 6.98. The predicted molar refractivity (Wildman–Crippen MR) is 80.5 cm³/mol. The summed E-state index contributed by atoms with van der Waals surface area (Å²) >= 11 is 0. The van der Waals surface area contributed by atoms with Gasteiger partial charge in [-0.05, 0) is 24.6 Å². The zero-order valence-corrected chi connectivity index (χ0v) is 11.9. The van der Waals surface area contributed by atoms with Gasteiger partial charge in [0.15, 0.2) is 5.82 Å². The van der Waals surface area contributed by atoms with Crippen molar-refractivity contribution >= 4 is 11.6 Å². The predicted octanol–water partition coefficient (Wildman–Crippen LogP) is 1.47. The van der Waals surface area contributed by atoms with Crippen LogP contribution >= 0.6 is 0 Å². The number of aromatic nitrogens is 2. The number of rotatable bonds is 2. The Morgan fingerprint density at radius 3 is 2.76 bits per heavy atom. The molecule has 0 unspecified atom stereocenters.